The zero-order chi connectivity index (χ0) is 21.8. The van der Waals surface area contributed by atoms with E-state index in [1.54, 1.807) is 24.3 Å². The zero-order valence-corrected chi connectivity index (χ0v) is 16.4. The van der Waals surface area contributed by atoms with E-state index in [4.69, 9.17) is 14.2 Å². The minimum absolute atomic E-state index is 0.113. The van der Waals surface area contributed by atoms with Gasteiger partial charge in [-0.25, -0.2) is 0 Å². The fraction of sp³-hybridized carbons (Fsp3) is 0.143. The Morgan fingerprint density at radius 1 is 1.00 bits per heavy atom. The highest BCUT2D eigenvalue weighted by Gasteiger charge is 2.19. The summed E-state index contributed by atoms with van der Waals surface area (Å²) in [5, 5.41) is 20.6. The summed E-state index contributed by atoms with van der Waals surface area (Å²) in [4.78, 5) is 25.8. The SMILES string of the molecule is COc1cc(-c2cc(-c3cccc([N+](=O)[O-])c3)[nH]c(=O)c2C#N)cc(OC)c1OC. The number of methoxy groups -OCH3 is 3. The predicted molar refractivity (Wildman–Crippen MR) is 109 cm³/mol. The number of nitrogens with one attached hydrogen (secondary N) is 1. The molecule has 9 heteroatoms. The molecule has 0 saturated carbocycles. The molecule has 1 heterocycles. The van der Waals surface area contributed by atoms with Gasteiger partial charge in [-0.1, -0.05) is 12.1 Å². The molecule has 0 radical (unpaired) electrons. The number of aromatic amines is 1. The fourth-order valence-electron chi connectivity index (χ4n) is 3.08. The van der Waals surface area contributed by atoms with Gasteiger partial charge in [-0.05, 0) is 23.8 Å². The number of benzene rings is 2. The van der Waals surface area contributed by atoms with Crippen molar-refractivity contribution in [3.63, 3.8) is 0 Å². The molecule has 2 aromatic carbocycles. The van der Waals surface area contributed by atoms with Gasteiger partial charge in [0.1, 0.15) is 11.6 Å². The first kappa shape index (κ1) is 20.4. The Labute approximate surface area is 171 Å². The van der Waals surface area contributed by atoms with Crippen LogP contribution in [0.5, 0.6) is 17.2 Å². The van der Waals surface area contributed by atoms with Crippen molar-refractivity contribution in [2.75, 3.05) is 21.3 Å². The van der Waals surface area contributed by atoms with E-state index in [0.29, 0.717) is 39.6 Å². The summed E-state index contributed by atoms with van der Waals surface area (Å²) in [5.74, 6) is 1.08. The van der Waals surface area contributed by atoms with Gasteiger partial charge < -0.3 is 19.2 Å². The van der Waals surface area contributed by atoms with E-state index in [1.807, 2.05) is 6.07 Å². The summed E-state index contributed by atoms with van der Waals surface area (Å²) >= 11 is 0. The number of hydrogen-bond donors (Lipinski definition) is 1. The number of aromatic nitrogens is 1. The molecule has 0 saturated heterocycles. The topological polar surface area (TPSA) is 127 Å². The maximum Gasteiger partial charge on any atom is 0.270 e. The molecule has 3 aromatic rings. The number of H-pyrrole nitrogens is 1. The van der Waals surface area contributed by atoms with Gasteiger partial charge in [0, 0.05) is 29.0 Å². The van der Waals surface area contributed by atoms with Crippen molar-refractivity contribution in [2.24, 2.45) is 0 Å². The molecule has 0 unspecified atom stereocenters. The van der Waals surface area contributed by atoms with Crippen LogP contribution in [0.4, 0.5) is 5.69 Å². The molecule has 30 heavy (non-hydrogen) atoms. The molecule has 0 fully saturated rings. The lowest BCUT2D eigenvalue weighted by molar-refractivity contribution is -0.384. The van der Waals surface area contributed by atoms with Crippen LogP contribution in [0.25, 0.3) is 22.4 Å². The third-order valence-electron chi connectivity index (χ3n) is 4.49. The van der Waals surface area contributed by atoms with Crippen LogP contribution in [-0.4, -0.2) is 31.2 Å². The van der Waals surface area contributed by atoms with Gasteiger partial charge in [0.25, 0.3) is 11.2 Å². The molecule has 0 spiro atoms. The van der Waals surface area contributed by atoms with Crippen LogP contribution in [0.2, 0.25) is 0 Å². The molecular weight excluding hydrogens is 390 g/mol. The van der Waals surface area contributed by atoms with Crippen molar-refractivity contribution in [1.29, 1.82) is 5.26 Å². The van der Waals surface area contributed by atoms with E-state index < -0.39 is 10.5 Å². The van der Waals surface area contributed by atoms with Crippen LogP contribution in [-0.2, 0) is 0 Å². The van der Waals surface area contributed by atoms with E-state index in [2.05, 4.69) is 4.98 Å². The Hall–Kier alpha value is -4.32. The van der Waals surface area contributed by atoms with Gasteiger partial charge in [-0.15, -0.1) is 0 Å². The Bertz CT molecular complexity index is 1200. The van der Waals surface area contributed by atoms with E-state index >= 15 is 0 Å². The molecule has 9 nitrogen and oxygen atoms in total. The lowest BCUT2D eigenvalue weighted by atomic mass is 9.98. The van der Waals surface area contributed by atoms with Gasteiger partial charge in [-0.3, -0.25) is 14.9 Å². The molecule has 0 aliphatic carbocycles. The largest absolute Gasteiger partial charge is 0.493 e. The van der Waals surface area contributed by atoms with Gasteiger partial charge in [-0.2, -0.15) is 5.26 Å². The van der Waals surface area contributed by atoms with Crippen LogP contribution in [0.1, 0.15) is 5.56 Å². The molecule has 0 amide bonds. The van der Waals surface area contributed by atoms with Crippen LogP contribution in [0, 0.1) is 21.4 Å². The van der Waals surface area contributed by atoms with Crippen molar-refractivity contribution in [3.8, 4) is 45.7 Å². The maximum atomic E-state index is 12.6. The predicted octanol–water partition coefficient (Wildman–Crippen LogP) is 3.51. The number of nitriles is 1. The van der Waals surface area contributed by atoms with E-state index in [1.165, 1.54) is 39.5 Å². The van der Waals surface area contributed by atoms with E-state index in [0.717, 1.165) is 0 Å². The number of nitro groups is 1. The van der Waals surface area contributed by atoms with Crippen LogP contribution in [0.3, 0.4) is 0 Å². The number of pyridine rings is 1. The molecule has 1 N–H and O–H groups in total. The first-order valence-electron chi connectivity index (χ1n) is 8.66. The highest BCUT2D eigenvalue weighted by Crippen LogP contribution is 2.42. The number of nitrogens with zero attached hydrogens (tertiary/aromatic N) is 2. The Morgan fingerprint density at radius 2 is 1.67 bits per heavy atom. The lowest BCUT2D eigenvalue weighted by Gasteiger charge is -2.15. The molecule has 0 aliphatic rings. The summed E-state index contributed by atoms with van der Waals surface area (Å²) in [6.45, 7) is 0. The minimum Gasteiger partial charge on any atom is -0.493 e. The Morgan fingerprint density at radius 3 is 2.20 bits per heavy atom. The van der Waals surface area contributed by atoms with E-state index in [9.17, 15) is 20.2 Å². The second-order valence-electron chi connectivity index (χ2n) is 6.13. The Kier molecular flexibility index (Phi) is 5.69. The highest BCUT2D eigenvalue weighted by atomic mass is 16.6. The highest BCUT2D eigenvalue weighted by molar-refractivity contribution is 5.78. The van der Waals surface area contributed by atoms with Gasteiger partial charge in [0.2, 0.25) is 5.75 Å². The number of nitro benzene ring substituents is 1. The first-order chi connectivity index (χ1) is 14.4. The smallest absolute Gasteiger partial charge is 0.270 e. The number of rotatable bonds is 6. The van der Waals surface area contributed by atoms with Crippen LogP contribution in [0.15, 0.2) is 47.3 Å². The first-order valence-corrected chi connectivity index (χ1v) is 8.66. The van der Waals surface area contributed by atoms with Gasteiger partial charge in [0.15, 0.2) is 11.5 Å². The second kappa shape index (κ2) is 8.36. The maximum absolute atomic E-state index is 12.6. The van der Waals surface area contributed by atoms with Crippen molar-refractivity contribution in [2.45, 2.75) is 0 Å². The standard InChI is InChI=1S/C21H17N3O6/c1-28-18-8-13(9-19(29-2)20(18)30-3)15-10-17(23-21(25)16(15)11-22)12-5-4-6-14(7-12)24(26)27/h4-10H,1-3H3,(H,23,25). The number of hydrogen-bond acceptors (Lipinski definition) is 7. The fourth-order valence-corrected chi connectivity index (χ4v) is 3.08. The van der Waals surface area contributed by atoms with Crippen molar-refractivity contribution in [1.82, 2.24) is 4.98 Å². The molecule has 0 aliphatic heterocycles. The van der Waals surface area contributed by atoms with Crippen molar-refractivity contribution in [3.05, 3.63) is 68.5 Å². The van der Waals surface area contributed by atoms with Crippen LogP contribution >= 0.6 is 0 Å². The minimum atomic E-state index is -0.620. The lowest BCUT2D eigenvalue weighted by Crippen LogP contribution is -2.13. The molecule has 3 rings (SSSR count). The average molecular weight is 407 g/mol. The summed E-state index contributed by atoms with van der Waals surface area (Å²) in [5.41, 5.74) is 0.711. The normalized spacial score (nSPS) is 10.2. The third-order valence-corrected chi connectivity index (χ3v) is 4.49. The van der Waals surface area contributed by atoms with Crippen LogP contribution < -0.4 is 19.8 Å². The van der Waals surface area contributed by atoms with E-state index in [-0.39, 0.29) is 11.3 Å². The zero-order valence-electron chi connectivity index (χ0n) is 16.4. The monoisotopic (exact) mass is 407 g/mol. The number of ether oxygens (including phenoxy) is 3. The second-order valence-corrected chi connectivity index (χ2v) is 6.13. The summed E-state index contributed by atoms with van der Waals surface area (Å²) in [7, 11) is 4.38. The quantitative estimate of drug-likeness (QED) is 0.489. The summed E-state index contributed by atoms with van der Waals surface area (Å²) in [6, 6.07) is 12.6. The Balaban J connectivity index is 2.28. The van der Waals surface area contributed by atoms with Crippen molar-refractivity contribution >= 4 is 5.69 Å². The molecule has 0 atom stereocenters. The molecule has 152 valence electrons. The third kappa shape index (κ3) is 3.66. The molecule has 0 bridgehead atoms. The molecule has 1 aromatic heterocycles. The summed E-state index contributed by atoms with van der Waals surface area (Å²) < 4.78 is 16.0. The average Bonchev–Trinajstić information content (AvgIpc) is 2.77. The van der Waals surface area contributed by atoms with Gasteiger partial charge in [0.05, 0.1) is 26.3 Å². The molecular formula is C21H17N3O6. The van der Waals surface area contributed by atoms with Gasteiger partial charge >= 0.3 is 0 Å². The number of non-ortho nitro benzene ring substituents is 1. The summed E-state index contributed by atoms with van der Waals surface area (Å²) in [6.07, 6.45) is 0. The van der Waals surface area contributed by atoms with Crippen molar-refractivity contribution < 1.29 is 19.1 Å².